The summed E-state index contributed by atoms with van der Waals surface area (Å²) in [5.41, 5.74) is -0.0660. The zero-order chi connectivity index (χ0) is 13.5. The highest BCUT2D eigenvalue weighted by Crippen LogP contribution is 2.29. The molecule has 0 aliphatic carbocycles. The van der Waals surface area contributed by atoms with Gasteiger partial charge in [-0.1, -0.05) is 0 Å². The third-order valence-electron chi connectivity index (χ3n) is 2.38. The molecule has 19 heavy (non-hydrogen) atoms. The van der Waals surface area contributed by atoms with Crippen molar-refractivity contribution in [2.75, 3.05) is 34.4 Å². The molecule has 0 radical (unpaired) electrons. The van der Waals surface area contributed by atoms with Crippen molar-refractivity contribution in [1.82, 2.24) is 10.6 Å². The number of likely N-dealkylation sites (N-methyl/N-ethyl adjacent to an activating group) is 1. The SMILES string of the molecule is CNCCNC(=O)c1cc(OC)c(OC)cc1F.Cl. The van der Waals surface area contributed by atoms with Crippen LogP contribution in [0, 0.1) is 5.82 Å². The van der Waals surface area contributed by atoms with Crippen LogP contribution in [0.5, 0.6) is 11.5 Å². The number of rotatable bonds is 6. The van der Waals surface area contributed by atoms with Crippen molar-refractivity contribution in [3.05, 3.63) is 23.5 Å². The van der Waals surface area contributed by atoms with Gasteiger partial charge in [0.25, 0.3) is 5.91 Å². The fraction of sp³-hybridized carbons (Fsp3) is 0.417. The molecule has 1 aromatic carbocycles. The zero-order valence-corrected chi connectivity index (χ0v) is 11.9. The van der Waals surface area contributed by atoms with Crippen molar-refractivity contribution < 1.29 is 18.7 Å². The normalized spacial score (nSPS) is 9.47. The van der Waals surface area contributed by atoms with Gasteiger partial charge < -0.3 is 20.1 Å². The van der Waals surface area contributed by atoms with Crippen molar-refractivity contribution >= 4 is 18.3 Å². The first-order valence-electron chi connectivity index (χ1n) is 5.48. The van der Waals surface area contributed by atoms with Gasteiger partial charge in [0.05, 0.1) is 19.8 Å². The number of amides is 1. The minimum absolute atomic E-state index is 0. The van der Waals surface area contributed by atoms with Gasteiger partial charge in [-0.15, -0.1) is 12.4 Å². The number of carbonyl (C=O) groups excluding carboxylic acids is 1. The van der Waals surface area contributed by atoms with E-state index in [2.05, 4.69) is 10.6 Å². The van der Waals surface area contributed by atoms with Crippen LogP contribution in [-0.4, -0.2) is 40.3 Å². The minimum atomic E-state index is -0.644. The lowest BCUT2D eigenvalue weighted by Crippen LogP contribution is -2.31. The van der Waals surface area contributed by atoms with E-state index in [4.69, 9.17) is 9.47 Å². The van der Waals surface area contributed by atoms with E-state index in [-0.39, 0.29) is 23.7 Å². The summed E-state index contributed by atoms with van der Waals surface area (Å²) in [6.45, 7) is 1.03. The van der Waals surface area contributed by atoms with Gasteiger partial charge in [0, 0.05) is 19.2 Å². The molecule has 0 unspecified atom stereocenters. The molecule has 2 N–H and O–H groups in total. The highest BCUT2D eigenvalue weighted by Gasteiger charge is 2.16. The predicted molar refractivity (Wildman–Crippen MR) is 73.0 cm³/mol. The molecular formula is C12H18ClFN2O3. The number of hydrogen-bond acceptors (Lipinski definition) is 4. The van der Waals surface area contributed by atoms with Gasteiger partial charge in [0.15, 0.2) is 11.5 Å². The maximum atomic E-state index is 13.7. The Labute approximate surface area is 117 Å². The van der Waals surface area contributed by atoms with Gasteiger partial charge in [-0.3, -0.25) is 4.79 Å². The van der Waals surface area contributed by atoms with Crippen molar-refractivity contribution in [3.8, 4) is 11.5 Å². The molecule has 0 fully saturated rings. The summed E-state index contributed by atoms with van der Waals surface area (Å²) in [6, 6.07) is 2.45. The Morgan fingerprint density at radius 2 is 1.79 bits per heavy atom. The maximum Gasteiger partial charge on any atom is 0.254 e. The van der Waals surface area contributed by atoms with Gasteiger partial charge >= 0.3 is 0 Å². The van der Waals surface area contributed by atoms with E-state index in [1.165, 1.54) is 20.3 Å². The Hall–Kier alpha value is -1.53. The molecular weight excluding hydrogens is 275 g/mol. The summed E-state index contributed by atoms with van der Waals surface area (Å²) in [6.07, 6.45) is 0. The summed E-state index contributed by atoms with van der Waals surface area (Å²) < 4.78 is 23.7. The molecule has 0 heterocycles. The van der Waals surface area contributed by atoms with Crippen molar-refractivity contribution in [3.63, 3.8) is 0 Å². The number of hydrogen-bond donors (Lipinski definition) is 2. The Morgan fingerprint density at radius 3 is 2.32 bits per heavy atom. The van der Waals surface area contributed by atoms with Crippen LogP contribution in [0.1, 0.15) is 10.4 Å². The van der Waals surface area contributed by atoms with Crippen LogP contribution in [0.4, 0.5) is 4.39 Å². The van der Waals surface area contributed by atoms with Gasteiger partial charge in [-0.25, -0.2) is 4.39 Å². The quantitative estimate of drug-likeness (QED) is 0.774. The molecule has 0 atom stereocenters. The molecule has 1 amide bonds. The summed E-state index contributed by atoms with van der Waals surface area (Å²) in [7, 11) is 4.60. The van der Waals surface area contributed by atoms with E-state index in [0.717, 1.165) is 6.07 Å². The monoisotopic (exact) mass is 292 g/mol. The second kappa shape index (κ2) is 8.55. The van der Waals surface area contributed by atoms with Crippen molar-refractivity contribution in [2.24, 2.45) is 0 Å². The number of halogens is 2. The number of benzene rings is 1. The lowest BCUT2D eigenvalue weighted by molar-refractivity contribution is 0.0949. The Kier molecular flexibility index (Phi) is 7.86. The van der Waals surface area contributed by atoms with Crippen molar-refractivity contribution in [2.45, 2.75) is 0 Å². The molecule has 0 bridgehead atoms. The fourth-order valence-corrected chi connectivity index (χ4v) is 1.42. The summed E-state index contributed by atoms with van der Waals surface area (Å²) in [4.78, 5) is 11.7. The van der Waals surface area contributed by atoms with Gasteiger partial charge in [-0.05, 0) is 13.1 Å². The number of methoxy groups -OCH3 is 2. The van der Waals surface area contributed by atoms with E-state index in [0.29, 0.717) is 18.8 Å². The molecule has 108 valence electrons. The van der Waals surface area contributed by atoms with Crippen LogP contribution in [-0.2, 0) is 0 Å². The smallest absolute Gasteiger partial charge is 0.254 e. The van der Waals surface area contributed by atoms with Crippen LogP contribution in [0.2, 0.25) is 0 Å². The minimum Gasteiger partial charge on any atom is -0.493 e. The van der Waals surface area contributed by atoms with Crippen molar-refractivity contribution in [1.29, 1.82) is 0 Å². The molecule has 0 aromatic heterocycles. The Balaban J connectivity index is 0.00000324. The molecule has 7 heteroatoms. The Morgan fingerprint density at radius 1 is 1.21 bits per heavy atom. The average molecular weight is 293 g/mol. The molecule has 0 aliphatic heterocycles. The second-order valence-corrected chi connectivity index (χ2v) is 3.55. The molecule has 1 aromatic rings. The van der Waals surface area contributed by atoms with E-state index in [1.54, 1.807) is 7.05 Å². The highest BCUT2D eigenvalue weighted by molar-refractivity contribution is 5.95. The van der Waals surface area contributed by atoms with Crippen LogP contribution in [0.25, 0.3) is 0 Å². The first-order valence-corrected chi connectivity index (χ1v) is 5.48. The number of carbonyl (C=O) groups is 1. The predicted octanol–water partition coefficient (Wildman–Crippen LogP) is 1.21. The van der Waals surface area contributed by atoms with Gasteiger partial charge in [0.1, 0.15) is 5.82 Å². The summed E-state index contributed by atoms with van der Waals surface area (Å²) >= 11 is 0. The topological polar surface area (TPSA) is 59.6 Å². The van der Waals surface area contributed by atoms with Crippen LogP contribution < -0.4 is 20.1 Å². The van der Waals surface area contributed by atoms with Gasteiger partial charge in [0.2, 0.25) is 0 Å². The van der Waals surface area contributed by atoms with E-state index >= 15 is 0 Å². The van der Waals surface area contributed by atoms with E-state index < -0.39 is 11.7 Å². The second-order valence-electron chi connectivity index (χ2n) is 3.55. The largest absolute Gasteiger partial charge is 0.493 e. The van der Waals surface area contributed by atoms with Crippen LogP contribution in [0.15, 0.2) is 12.1 Å². The fourth-order valence-electron chi connectivity index (χ4n) is 1.42. The number of ether oxygens (including phenoxy) is 2. The molecule has 0 spiro atoms. The lowest BCUT2D eigenvalue weighted by Gasteiger charge is -2.11. The molecule has 1 rings (SSSR count). The molecule has 5 nitrogen and oxygen atoms in total. The van der Waals surface area contributed by atoms with Crippen LogP contribution >= 0.6 is 12.4 Å². The summed E-state index contributed by atoms with van der Waals surface area (Å²) in [5.74, 6) is -0.558. The maximum absolute atomic E-state index is 13.7. The molecule has 0 saturated carbocycles. The third-order valence-corrected chi connectivity index (χ3v) is 2.38. The zero-order valence-electron chi connectivity index (χ0n) is 11.1. The molecule has 0 aliphatic rings. The average Bonchev–Trinajstić information content (AvgIpc) is 2.38. The standard InChI is InChI=1S/C12H17FN2O3.ClH/c1-14-4-5-15-12(16)8-6-10(17-2)11(18-3)7-9(8)13;/h6-7,14H,4-5H2,1-3H3,(H,15,16);1H. The highest BCUT2D eigenvalue weighted by atomic mass is 35.5. The molecule has 0 saturated heterocycles. The lowest BCUT2D eigenvalue weighted by atomic mass is 10.1. The van der Waals surface area contributed by atoms with E-state index in [1.807, 2.05) is 0 Å². The third kappa shape index (κ3) is 4.57. The first kappa shape index (κ1) is 17.5. The van der Waals surface area contributed by atoms with E-state index in [9.17, 15) is 9.18 Å². The van der Waals surface area contributed by atoms with Gasteiger partial charge in [-0.2, -0.15) is 0 Å². The first-order chi connectivity index (χ1) is 8.63. The Bertz CT molecular complexity index is 430. The number of nitrogens with one attached hydrogen (secondary N) is 2. The van der Waals surface area contributed by atoms with Crippen LogP contribution in [0.3, 0.4) is 0 Å². The summed E-state index contributed by atoms with van der Waals surface area (Å²) in [5, 5.41) is 5.47.